The molecule has 2 rings (SSSR count). The number of aryl methyl sites for hydroxylation is 1. The van der Waals surface area contributed by atoms with Crippen LogP contribution in [0.5, 0.6) is 0 Å². The lowest BCUT2D eigenvalue weighted by molar-refractivity contribution is 0.0992. The standard InChI is InChI=1S/C13H11ClO2/c1-9-6-11(14)2-3-12(9)13(15)7-10-4-5-16-8-10/h2-6,8H,7H2,1H3. The first kappa shape index (κ1) is 11.0. The number of Topliss-reactive ketones (excluding diaryl/α,β-unsaturated/α-hetero) is 1. The van der Waals surface area contributed by atoms with Crippen LogP contribution in [0.25, 0.3) is 0 Å². The zero-order valence-corrected chi connectivity index (χ0v) is 9.62. The molecule has 0 radical (unpaired) electrons. The van der Waals surface area contributed by atoms with E-state index in [0.717, 1.165) is 11.1 Å². The molecule has 0 unspecified atom stereocenters. The van der Waals surface area contributed by atoms with Gasteiger partial charge >= 0.3 is 0 Å². The fourth-order valence-electron chi connectivity index (χ4n) is 1.61. The molecule has 3 heteroatoms. The summed E-state index contributed by atoms with van der Waals surface area (Å²) in [5, 5.41) is 0.650. The van der Waals surface area contributed by atoms with Crippen LogP contribution in [0.4, 0.5) is 0 Å². The fourth-order valence-corrected chi connectivity index (χ4v) is 1.84. The van der Waals surface area contributed by atoms with Crippen molar-refractivity contribution >= 4 is 17.4 Å². The number of hydrogen-bond acceptors (Lipinski definition) is 2. The molecule has 1 aromatic heterocycles. The summed E-state index contributed by atoms with van der Waals surface area (Å²) in [6.07, 6.45) is 3.51. The Morgan fingerprint density at radius 2 is 2.19 bits per heavy atom. The lowest BCUT2D eigenvalue weighted by Crippen LogP contribution is -2.04. The van der Waals surface area contributed by atoms with Crippen LogP contribution in [0.15, 0.2) is 41.2 Å². The molecule has 82 valence electrons. The van der Waals surface area contributed by atoms with E-state index in [1.54, 1.807) is 36.8 Å². The average Bonchev–Trinajstić information content (AvgIpc) is 2.70. The van der Waals surface area contributed by atoms with Crippen LogP contribution < -0.4 is 0 Å². The van der Waals surface area contributed by atoms with Gasteiger partial charge in [0, 0.05) is 17.0 Å². The SMILES string of the molecule is Cc1cc(Cl)ccc1C(=O)Cc1ccoc1. The van der Waals surface area contributed by atoms with Crippen LogP contribution in [0.3, 0.4) is 0 Å². The highest BCUT2D eigenvalue weighted by molar-refractivity contribution is 6.30. The minimum atomic E-state index is 0.0792. The molecule has 0 saturated heterocycles. The van der Waals surface area contributed by atoms with Gasteiger partial charge in [0.05, 0.1) is 12.5 Å². The van der Waals surface area contributed by atoms with E-state index < -0.39 is 0 Å². The van der Waals surface area contributed by atoms with E-state index in [1.807, 2.05) is 6.92 Å². The van der Waals surface area contributed by atoms with E-state index in [0.29, 0.717) is 17.0 Å². The van der Waals surface area contributed by atoms with Crippen molar-refractivity contribution in [3.8, 4) is 0 Å². The third-order valence-corrected chi connectivity index (χ3v) is 2.67. The summed E-state index contributed by atoms with van der Waals surface area (Å²) in [7, 11) is 0. The molecular weight excluding hydrogens is 224 g/mol. The van der Waals surface area contributed by atoms with E-state index in [1.165, 1.54) is 0 Å². The Morgan fingerprint density at radius 1 is 1.38 bits per heavy atom. The number of hydrogen-bond donors (Lipinski definition) is 0. The van der Waals surface area contributed by atoms with Crippen LogP contribution in [-0.4, -0.2) is 5.78 Å². The smallest absolute Gasteiger partial charge is 0.167 e. The maximum absolute atomic E-state index is 12.0. The number of benzene rings is 1. The number of carbonyl (C=O) groups excluding carboxylic acids is 1. The van der Waals surface area contributed by atoms with Gasteiger partial charge in [-0.05, 0) is 42.3 Å². The summed E-state index contributed by atoms with van der Waals surface area (Å²) in [4.78, 5) is 12.0. The molecule has 16 heavy (non-hydrogen) atoms. The van der Waals surface area contributed by atoms with Crippen LogP contribution in [0, 0.1) is 6.92 Å². The second-order valence-electron chi connectivity index (χ2n) is 3.69. The molecule has 0 bridgehead atoms. The van der Waals surface area contributed by atoms with Gasteiger partial charge in [-0.25, -0.2) is 0 Å². The molecule has 0 aliphatic carbocycles. The molecular formula is C13H11ClO2. The molecule has 0 amide bonds. The third kappa shape index (κ3) is 2.34. The molecule has 0 atom stereocenters. The molecule has 0 aliphatic heterocycles. The van der Waals surface area contributed by atoms with Gasteiger partial charge in [0.2, 0.25) is 0 Å². The van der Waals surface area contributed by atoms with E-state index in [4.69, 9.17) is 16.0 Å². The maximum atomic E-state index is 12.0. The van der Waals surface area contributed by atoms with E-state index in [-0.39, 0.29) is 5.78 Å². The maximum Gasteiger partial charge on any atom is 0.167 e. The Hall–Kier alpha value is -1.54. The van der Waals surface area contributed by atoms with Crippen LogP contribution >= 0.6 is 11.6 Å². The Bertz CT molecular complexity index is 501. The van der Waals surface area contributed by atoms with Gasteiger partial charge in [-0.1, -0.05) is 11.6 Å². The van der Waals surface area contributed by atoms with Crippen molar-refractivity contribution < 1.29 is 9.21 Å². The number of rotatable bonds is 3. The van der Waals surface area contributed by atoms with Gasteiger partial charge in [0.15, 0.2) is 5.78 Å². The highest BCUT2D eigenvalue weighted by atomic mass is 35.5. The molecule has 1 aromatic carbocycles. The Balaban J connectivity index is 2.21. The lowest BCUT2D eigenvalue weighted by Gasteiger charge is -2.04. The summed E-state index contributed by atoms with van der Waals surface area (Å²) in [6, 6.07) is 7.09. The van der Waals surface area contributed by atoms with Crippen molar-refractivity contribution in [3.05, 3.63) is 58.5 Å². The Labute approximate surface area is 98.8 Å². The predicted molar refractivity (Wildman–Crippen MR) is 62.9 cm³/mol. The minimum Gasteiger partial charge on any atom is -0.472 e. The first-order chi connectivity index (χ1) is 7.66. The molecule has 1 heterocycles. The zero-order chi connectivity index (χ0) is 11.5. The minimum absolute atomic E-state index is 0.0792. The number of carbonyl (C=O) groups is 1. The van der Waals surface area contributed by atoms with Crippen molar-refractivity contribution in [1.82, 2.24) is 0 Å². The molecule has 0 aliphatic rings. The van der Waals surface area contributed by atoms with Gasteiger partial charge in [-0.15, -0.1) is 0 Å². The van der Waals surface area contributed by atoms with Gasteiger partial charge in [0.25, 0.3) is 0 Å². The van der Waals surface area contributed by atoms with Gasteiger partial charge < -0.3 is 4.42 Å². The van der Waals surface area contributed by atoms with E-state index in [2.05, 4.69) is 0 Å². The quantitative estimate of drug-likeness (QED) is 0.759. The van der Waals surface area contributed by atoms with Crippen LogP contribution in [0.1, 0.15) is 21.5 Å². The lowest BCUT2D eigenvalue weighted by atomic mass is 10.0. The third-order valence-electron chi connectivity index (χ3n) is 2.43. The Kier molecular flexibility index (Phi) is 3.11. The van der Waals surface area contributed by atoms with Gasteiger partial charge in [-0.3, -0.25) is 4.79 Å². The second-order valence-corrected chi connectivity index (χ2v) is 4.13. The summed E-state index contributed by atoms with van der Waals surface area (Å²) in [5.74, 6) is 0.0792. The van der Waals surface area contributed by atoms with E-state index >= 15 is 0 Å². The van der Waals surface area contributed by atoms with Crippen molar-refractivity contribution in [2.24, 2.45) is 0 Å². The summed E-state index contributed by atoms with van der Waals surface area (Å²) >= 11 is 5.84. The summed E-state index contributed by atoms with van der Waals surface area (Å²) < 4.78 is 4.93. The summed E-state index contributed by atoms with van der Waals surface area (Å²) in [6.45, 7) is 1.88. The van der Waals surface area contributed by atoms with Gasteiger partial charge in [-0.2, -0.15) is 0 Å². The molecule has 2 nitrogen and oxygen atoms in total. The highest BCUT2D eigenvalue weighted by Gasteiger charge is 2.10. The molecule has 2 aromatic rings. The second kappa shape index (κ2) is 4.54. The first-order valence-corrected chi connectivity index (χ1v) is 5.35. The van der Waals surface area contributed by atoms with E-state index in [9.17, 15) is 4.79 Å². The zero-order valence-electron chi connectivity index (χ0n) is 8.87. The van der Waals surface area contributed by atoms with Crippen molar-refractivity contribution in [1.29, 1.82) is 0 Å². The van der Waals surface area contributed by atoms with Crippen molar-refractivity contribution in [3.63, 3.8) is 0 Å². The first-order valence-electron chi connectivity index (χ1n) is 4.97. The molecule has 0 spiro atoms. The molecule has 0 saturated carbocycles. The topological polar surface area (TPSA) is 30.2 Å². The van der Waals surface area contributed by atoms with Crippen LogP contribution in [0.2, 0.25) is 5.02 Å². The largest absolute Gasteiger partial charge is 0.472 e. The highest BCUT2D eigenvalue weighted by Crippen LogP contribution is 2.17. The monoisotopic (exact) mass is 234 g/mol. The summed E-state index contributed by atoms with van der Waals surface area (Å²) in [5.41, 5.74) is 2.51. The number of halogens is 1. The van der Waals surface area contributed by atoms with Crippen molar-refractivity contribution in [2.45, 2.75) is 13.3 Å². The molecule has 0 fully saturated rings. The number of ketones is 1. The number of furan rings is 1. The van der Waals surface area contributed by atoms with Crippen LogP contribution in [-0.2, 0) is 6.42 Å². The predicted octanol–water partition coefficient (Wildman–Crippen LogP) is 3.67. The normalized spacial score (nSPS) is 10.4. The fraction of sp³-hybridized carbons (Fsp3) is 0.154. The Morgan fingerprint density at radius 3 is 2.81 bits per heavy atom. The van der Waals surface area contributed by atoms with Crippen molar-refractivity contribution in [2.75, 3.05) is 0 Å². The van der Waals surface area contributed by atoms with Gasteiger partial charge in [0.1, 0.15) is 0 Å². The average molecular weight is 235 g/mol. The molecule has 0 N–H and O–H groups in total.